The molecule has 0 spiro atoms. The number of amides is 1. The van der Waals surface area contributed by atoms with Crippen molar-refractivity contribution in [3.63, 3.8) is 0 Å². The Bertz CT molecular complexity index is 730. The molecule has 1 atom stereocenters. The molecule has 1 unspecified atom stereocenters. The SMILES string of the molecule is CN=C(NCC(C)(C)c1ccc(OC)cc1)NC1CCN(C(=O)C2CCCCC2)C1.I. The maximum Gasteiger partial charge on any atom is 0.225 e. The van der Waals surface area contributed by atoms with Crippen LogP contribution in [0.4, 0.5) is 0 Å². The Labute approximate surface area is 204 Å². The first-order chi connectivity index (χ1) is 14.4. The summed E-state index contributed by atoms with van der Waals surface area (Å²) in [4.78, 5) is 19.3. The smallest absolute Gasteiger partial charge is 0.225 e. The molecule has 0 aromatic heterocycles. The van der Waals surface area contributed by atoms with Gasteiger partial charge < -0.3 is 20.3 Å². The highest BCUT2D eigenvalue weighted by Gasteiger charge is 2.32. The number of halogens is 1. The summed E-state index contributed by atoms with van der Waals surface area (Å²) in [6.45, 7) is 6.82. The molecule has 2 aliphatic rings. The molecule has 1 saturated heterocycles. The van der Waals surface area contributed by atoms with Crippen molar-refractivity contribution in [3.8, 4) is 5.75 Å². The van der Waals surface area contributed by atoms with E-state index in [9.17, 15) is 4.79 Å². The van der Waals surface area contributed by atoms with Crippen LogP contribution >= 0.6 is 24.0 Å². The number of rotatable bonds is 6. The lowest BCUT2D eigenvalue weighted by molar-refractivity contribution is -0.135. The standard InChI is InChI=1S/C24H38N4O2.HI/c1-24(2,19-10-12-21(30-4)13-11-19)17-26-23(25-3)27-20-14-15-28(16-20)22(29)18-8-6-5-7-9-18;/h10-13,18,20H,5-9,14-17H2,1-4H3,(H2,25,26,27);1H. The van der Waals surface area contributed by atoms with Crippen molar-refractivity contribution in [2.24, 2.45) is 10.9 Å². The lowest BCUT2D eigenvalue weighted by atomic mass is 9.84. The molecule has 0 bridgehead atoms. The first kappa shape index (κ1) is 25.7. The molecule has 6 nitrogen and oxygen atoms in total. The molecule has 1 saturated carbocycles. The summed E-state index contributed by atoms with van der Waals surface area (Å²) >= 11 is 0. The molecule has 7 heteroatoms. The second-order valence-corrected chi connectivity index (χ2v) is 9.29. The van der Waals surface area contributed by atoms with Gasteiger partial charge in [0.15, 0.2) is 5.96 Å². The minimum Gasteiger partial charge on any atom is -0.497 e. The molecular weight excluding hydrogens is 503 g/mol. The van der Waals surface area contributed by atoms with Crippen LogP contribution in [0.1, 0.15) is 57.9 Å². The van der Waals surface area contributed by atoms with Gasteiger partial charge in [0.05, 0.1) is 7.11 Å². The molecule has 31 heavy (non-hydrogen) atoms. The summed E-state index contributed by atoms with van der Waals surface area (Å²) in [6.07, 6.45) is 6.79. The quantitative estimate of drug-likeness (QED) is 0.325. The van der Waals surface area contributed by atoms with Crippen LogP contribution in [0.15, 0.2) is 29.3 Å². The first-order valence-corrected chi connectivity index (χ1v) is 11.3. The number of methoxy groups -OCH3 is 1. The third-order valence-electron chi connectivity index (χ3n) is 6.59. The van der Waals surface area contributed by atoms with E-state index < -0.39 is 0 Å². The van der Waals surface area contributed by atoms with Crippen LogP contribution < -0.4 is 15.4 Å². The summed E-state index contributed by atoms with van der Waals surface area (Å²) in [5.41, 5.74) is 1.19. The first-order valence-electron chi connectivity index (χ1n) is 11.3. The van der Waals surface area contributed by atoms with Crippen LogP contribution in [0.3, 0.4) is 0 Å². The Morgan fingerprint density at radius 3 is 2.45 bits per heavy atom. The predicted octanol–water partition coefficient (Wildman–Crippen LogP) is 3.94. The molecule has 3 rings (SSSR count). The normalized spacial score (nSPS) is 20.2. The lowest BCUT2D eigenvalue weighted by Gasteiger charge is -2.28. The number of carbonyl (C=O) groups excluding carboxylic acids is 1. The number of benzene rings is 1. The summed E-state index contributed by atoms with van der Waals surface area (Å²) in [7, 11) is 3.49. The van der Waals surface area contributed by atoms with Crippen molar-refractivity contribution in [2.45, 2.75) is 63.8 Å². The van der Waals surface area contributed by atoms with Gasteiger partial charge in [0.25, 0.3) is 0 Å². The topological polar surface area (TPSA) is 66.0 Å². The van der Waals surface area contributed by atoms with Gasteiger partial charge >= 0.3 is 0 Å². The Kier molecular flexibility index (Phi) is 9.90. The van der Waals surface area contributed by atoms with Crippen LogP contribution in [-0.2, 0) is 10.2 Å². The Hall–Kier alpha value is -1.51. The monoisotopic (exact) mass is 542 g/mol. The maximum absolute atomic E-state index is 12.8. The van der Waals surface area contributed by atoms with Crippen molar-refractivity contribution in [1.82, 2.24) is 15.5 Å². The second-order valence-electron chi connectivity index (χ2n) is 9.29. The third-order valence-corrected chi connectivity index (χ3v) is 6.59. The van der Waals surface area contributed by atoms with Crippen LogP contribution in [0.2, 0.25) is 0 Å². The molecule has 174 valence electrons. The number of hydrogen-bond donors (Lipinski definition) is 2. The molecule has 2 fully saturated rings. The van der Waals surface area contributed by atoms with Gasteiger partial charge in [-0.3, -0.25) is 9.79 Å². The summed E-state index contributed by atoms with van der Waals surface area (Å²) in [6, 6.07) is 8.49. The molecule has 1 amide bonds. The zero-order valence-electron chi connectivity index (χ0n) is 19.4. The summed E-state index contributed by atoms with van der Waals surface area (Å²) in [5, 5.41) is 7.00. The summed E-state index contributed by atoms with van der Waals surface area (Å²) < 4.78 is 5.26. The second kappa shape index (κ2) is 11.9. The number of nitrogens with zero attached hydrogens (tertiary/aromatic N) is 2. The number of likely N-dealkylation sites (tertiary alicyclic amines) is 1. The molecular formula is C24H39IN4O2. The number of guanidine groups is 1. The Morgan fingerprint density at radius 1 is 1.16 bits per heavy atom. The van der Waals surface area contributed by atoms with Gasteiger partial charge in [-0.15, -0.1) is 24.0 Å². The minimum atomic E-state index is -0.0530. The Morgan fingerprint density at radius 2 is 1.84 bits per heavy atom. The molecule has 1 aromatic carbocycles. The van der Waals surface area contributed by atoms with Gasteiger partial charge in [0, 0.05) is 44.1 Å². The van der Waals surface area contributed by atoms with E-state index >= 15 is 0 Å². The van der Waals surface area contributed by atoms with E-state index in [1.807, 2.05) is 12.1 Å². The van der Waals surface area contributed by atoms with Crippen LogP contribution in [0, 0.1) is 5.92 Å². The van der Waals surface area contributed by atoms with Gasteiger partial charge in [-0.2, -0.15) is 0 Å². The van der Waals surface area contributed by atoms with E-state index in [0.29, 0.717) is 5.91 Å². The van der Waals surface area contributed by atoms with Crippen LogP contribution in [-0.4, -0.2) is 56.6 Å². The van der Waals surface area contributed by atoms with E-state index in [1.54, 1.807) is 14.2 Å². The van der Waals surface area contributed by atoms with Crippen LogP contribution in [0.25, 0.3) is 0 Å². The molecule has 0 radical (unpaired) electrons. The van der Waals surface area contributed by atoms with E-state index in [4.69, 9.17) is 4.74 Å². The largest absolute Gasteiger partial charge is 0.497 e. The third kappa shape index (κ3) is 6.99. The number of ether oxygens (including phenoxy) is 1. The number of hydrogen-bond acceptors (Lipinski definition) is 3. The summed E-state index contributed by atoms with van der Waals surface area (Å²) in [5.74, 6) is 2.28. The van der Waals surface area contributed by atoms with Crippen molar-refractivity contribution in [2.75, 3.05) is 33.8 Å². The zero-order valence-corrected chi connectivity index (χ0v) is 21.8. The molecule has 1 heterocycles. The van der Waals surface area contributed by atoms with E-state index in [1.165, 1.54) is 24.8 Å². The number of carbonyl (C=O) groups is 1. The van der Waals surface area contributed by atoms with Gasteiger partial charge in [0.2, 0.25) is 5.91 Å². The van der Waals surface area contributed by atoms with Gasteiger partial charge in [-0.1, -0.05) is 45.2 Å². The Balaban J connectivity index is 0.00000341. The average Bonchev–Trinajstić information content (AvgIpc) is 3.25. The van der Waals surface area contributed by atoms with Crippen molar-refractivity contribution in [1.29, 1.82) is 0 Å². The van der Waals surface area contributed by atoms with Gasteiger partial charge in [0.1, 0.15) is 5.75 Å². The maximum atomic E-state index is 12.8. The van der Waals surface area contributed by atoms with E-state index in [2.05, 4.69) is 46.5 Å². The highest BCUT2D eigenvalue weighted by atomic mass is 127. The van der Waals surface area contributed by atoms with Crippen molar-refractivity contribution in [3.05, 3.63) is 29.8 Å². The highest BCUT2D eigenvalue weighted by molar-refractivity contribution is 14.0. The fourth-order valence-corrected chi connectivity index (χ4v) is 4.52. The zero-order chi connectivity index (χ0) is 21.6. The fraction of sp³-hybridized carbons (Fsp3) is 0.667. The molecule has 2 N–H and O–H groups in total. The van der Waals surface area contributed by atoms with E-state index in [-0.39, 0.29) is 41.4 Å². The average molecular weight is 543 g/mol. The predicted molar refractivity (Wildman–Crippen MR) is 137 cm³/mol. The van der Waals surface area contributed by atoms with Gasteiger partial charge in [-0.05, 0) is 37.0 Å². The number of nitrogens with one attached hydrogen (secondary N) is 2. The van der Waals surface area contributed by atoms with E-state index in [0.717, 1.165) is 50.6 Å². The fourth-order valence-electron chi connectivity index (χ4n) is 4.52. The van der Waals surface area contributed by atoms with Gasteiger partial charge in [-0.25, -0.2) is 0 Å². The number of aliphatic imine (C=N–C) groups is 1. The lowest BCUT2D eigenvalue weighted by Crippen LogP contribution is -2.48. The van der Waals surface area contributed by atoms with Crippen molar-refractivity contribution >= 4 is 35.8 Å². The van der Waals surface area contributed by atoms with Crippen molar-refractivity contribution < 1.29 is 9.53 Å². The molecule has 1 aliphatic heterocycles. The minimum absolute atomic E-state index is 0. The molecule has 1 aliphatic carbocycles. The van der Waals surface area contributed by atoms with Crippen LogP contribution in [0.5, 0.6) is 5.75 Å². The molecule has 1 aromatic rings. The highest BCUT2D eigenvalue weighted by Crippen LogP contribution is 2.27.